The van der Waals surface area contributed by atoms with Crippen molar-refractivity contribution in [2.45, 2.75) is 53.1 Å². The highest BCUT2D eigenvalue weighted by molar-refractivity contribution is 5.92. The van der Waals surface area contributed by atoms with Crippen LogP contribution < -0.4 is 10.1 Å². The largest absolute Gasteiger partial charge is 0.488 e. The number of carbonyl (C=O) groups is 1. The molecule has 0 saturated carbocycles. The maximum absolute atomic E-state index is 11.8. The average molecular weight is 287 g/mol. The van der Waals surface area contributed by atoms with E-state index in [9.17, 15) is 4.79 Å². The minimum atomic E-state index is -0.197. The van der Waals surface area contributed by atoms with Gasteiger partial charge in [0.2, 0.25) is 0 Å². The van der Waals surface area contributed by atoms with Gasteiger partial charge < -0.3 is 10.1 Å². The van der Waals surface area contributed by atoms with Gasteiger partial charge in [0, 0.05) is 23.9 Å². The second-order valence-corrected chi connectivity index (χ2v) is 7.52. The number of ether oxygens (including phenoxy) is 1. The van der Waals surface area contributed by atoms with E-state index in [2.05, 4.69) is 19.2 Å². The van der Waals surface area contributed by atoms with E-state index in [-0.39, 0.29) is 16.8 Å². The van der Waals surface area contributed by atoms with Gasteiger partial charge in [0.05, 0.1) is 0 Å². The molecule has 3 heteroatoms. The first-order valence-electron chi connectivity index (χ1n) is 7.43. The van der Waals surface area contributed by atoms with Gasteiger partial charge in [0.15, 0.2) is 5.78 Å². The molecule has 0 atom stereocenters. The lowest BCUT2D eigenvalue weighted by Crippen LogP contribution is -2.24. The van der Waals surface area contributed by atoms with E-state index >= 15 is 0 Å². The summed E-state index contributed by atoms with van der Waals surface area (Å²) < 4.78 is 5.80. The minimum Gasteiger partial charge on any atom is -0.488 e. The molecule has 1 aromatic carbocycles. The molecule has 0 spiro atoms. The van der Waals surface area contributed by atoms with Crippen molar-refractivity contribution in [1.82, 2.24) is 0 Å². The van der Waals surface area contributed by atoms with Crippen LogP contribution in [-0.2, 0) is 4.79 Å². The van der Waals surface area contributed by atoms with E-state index in [4.69, 9.17) is 4.74 Å². The van der Waals surface area contributed by atoms with Crippen LogP contribution in [0.1, 0.15) is 47.5 Å². The summed E-state index contributed by atoms with van der Waals surface area (Å²) in [6.45, 7) is 10.3. The summed E-state index contributed by atoms with van der Waals surface area (Å²) in [6.07, 6.45) is 3.24. The number of hydrogen-bond donors (Lipinski definition) is 1. The van der Waals surface area contributed by atoms with E-state index in [1.54, 1.807) is 6.08 Å². The predicted octanol–water partition coefficient (Wildman–Crippen LogP) is 4.55. The summed E-state index contributed by atoms with van der Waals surface area (Å²) in [5.74, 6) is 1.04. The van der Waals surface area contributed by atoms with Gasteiger partial charge in [0.25, 0.3) is 0 Å². The maximum Gasteiger partial charge on any atom is 0.157 e. The second kappa shape index (κ2) is 5.55. The van der Waals surface area contributed by atoms with Crippen molar-refractivity contribution >= 4 is 11.5 Å². The van der Waals surface area contributed by atoms with Gasteiger partial charge >= 0.3 is 0 Å². The number of carbonyl (C=O) groups excluding carboxylic acids is 1. The molecule has 1 aliphatic carbocycles. The summed E-state index contributed by atoms with van der Waals surface area (Å²) in [4.78, 5) is 11.8. The Kier molecular flexibility index (Phi) is 4.13. The second-order valence-electron chi connectivity index (χ2n) is 7.52. The maximum atomic E-state index is 11.8. The number of hydrogen-bond acceptors (Lipinski definition) is 3. The van der Waals surface area contributed by atoms with Gasteiger partial charge in [-0.15, -0.1) is 0 Å². The lowest BCUT2D eigenvalue weighted by molar-refractivity contribution is -0.117. The molecule has 0 aromatic heterocycles. The zero-order valence-corrected chi connectivity index (χ0v) is 13.6. The standard InChI is InChI=1S/C18H25NO2/c1-17(2,3)21-16-8-6-13(7-9-16)19-14-10-15(20)12-18(4,5)11-14/h6-10,19H,11-12H2,1-5H3. The van der Waals surface area contributed by atoms with Crippen LogP contribution in [0, 0.1) is 5.41 Å². The topological polar surface area (TPSA) is 38.3 Å². The zero-order chi connectivity index (χ0) is 15.7. The van der Waals surface area contributed by atoms with Crippen LogP contribution in [-0.4, -0.2) is 11.4 Å². The Labute approximate surface area is 127 Å². The van der Waals surface area contributed by atoms with Crippen LogP contribution in [0.3, 0.4) is 0 Å². The van der Waals surface area contributed by atoms with Crippen molar-refractivity contribution < 1.29 is 9.53 Å². The highest BCUT2D eigenvalue weighted by Gasteiger charge is 2.27. The molecule has 1 aromatic rings. The SMILES string of the molecule is CC1(C)CC(=O)C=C(Nc2ccc(OC(C)(C)C)cc2)C1. The lowest BCUT2D eigenvalue weighted by Gasteiger charge is -2.29. The Hall–Kier alpha value is -1.77. The number of allylic oxidation sites excluding steroid dienone is 2. The smallest absolute Gasteiger partial charge is 0.157 e. The minimum absolute atomic E-state index is 0.0312. The summed E-state index contributed by atoms with van der Waals surface area (Å²) >= 11 is 0. The predicted molar refractivity (Wildman–Crippen MR) is 86.6 cm³/mol. The molecular weight excluding hydrogens is 262 g/mol. The van der Waals surface area contributed by atoms with E-state index in [1.807, 2.05) is 45.0 Å². The van der Waals surface area contributed by atoms with Crippen LogP contribution in [0.5, 0.6) is 5.75 Å². The molecule has 0 radical (unpaired) electrons. The average Bonchev–Trinajstić information content (AvgIpc) is 2.27. The Bertz CT molecular complexity index is 548. The summed E-state index contributed by atoms with van der Waals surface area (Å²) in [5, 5.41) is 3.34. The Morgan fingerprint density at radius 1 is 1.10 bits per heavy atom. The van der Waals surface area contributed by atoms with Crippen molar-refractivity contribution in [2.24, 2.45) is 5.41 Å². The zero-order valence-electron chi connectivity index (χ0n) is 13.6. The van der Waals surface area contributed by atoms with E-state index in [1.165, 1.54) is 0 Å². The van der Waals surface area contributed by atoms with Gasteiger partial charge in [-0.3, -0.25) is 4.79 Å². The molecule has 0 unspecified atom stereocenters. The monoisotopic (exact) mass is 287 g/mol. The molecule has 114 valence electrons. The molecule has 0 bridgehead atoms. The van der Waals surface area contributed by atoms with E-state index in [0.29, 0.717) is 6.42 Å². The van der Waals surface area contributed by atoms with Crippen molar-refractivity contribution in [3.05, 3.63) is 36.0 Å². The Morgan fingerprint density at radius 2 is 1.71 bits per heavy atom. The van der Waals surface area contributed by atoms with E-state index < -0.39 is 0 Å². The van der Waals surface area contributed by atoms with Crippen LogP contribution in [0.4, 0.5) is 5.69 Å². The third-order valence-electron chi connectivity index (χ3n) is 3.24. The van der Waals surface area contributed by atoms with Gasteiger partial charge in [0.1, 0.15) is 11.4 Å². The van der Waals surface area contributed by atoms with E-state index in [0.717, 1.165) is 23.6 Å². The molecule has 0 fully saturated rings. The summed E-state index contributed by atoms with van der Waals surface area (Å²) in [5.41, 5.74) is 1.80. The fourth-order valence-corrected chi connectivity index (χ4v) is 2.57. The number of benzene rings is 1. The van der Waals surface area contributed by atoms with Crippen molar-refractivity contribution in [1.29, 1.82) is 0 Å². The van der Waals surface area contributed by atoms with Crippen molar-refractivity contribution in [2.75, 3.05) is 5.32 Å². The molecule has 3 nitrogen and oxygen atoms in total. The van der Waals surface area contributed by atoms with Crippen LogP contribution in [0.25, 0.3) is 0 Å². The molecule has 0 amide bonds. The fraction of sp³-hybridized carbons (Fsp3) is 0.500. The normalized spacial score (nSPS) is 18.1. The quantitative estimate of drug-likeness (QED) is 0.886. The molecule has 2 rings (SSSR count). The first-order chi connectivity index (χ1) is 9.63. The third kappa shape index (κ3) is 4.92. The number of ketones is 1. The summed E-state index contributed by atoms with van der Waals surface area (Å²) in [6, 6.07) is 7.86. The van der Waals surface area contributed by atoms with Crippen LogP contribution in [0.15, 0.2) is 36.0 Å². The summed E-state index contributed by atoms with van der Waals surface area (Å²) in [7, 11) is 0. The van der Waals surface area contributed by atoms with Gasteiger partial charge in [-0.1, -0.05) is 13.8 Å². The highest BCUT2D eigenvalue weighted by atomic mass is 16.5. The molecule has 1 aliphatic rings. The highest BCUT2D eigenvalue weighted by Crippen LogP contribution is 2.34. The molecule has 21 heavy (non-hydrogen) atoms. The third-order valence-corrected chi connectivity index (χ3v) is 3.24. The molecule has 0 saturated heterocycles. The number of nitrogens with one attached hydrogen (secondary N) is 1. The van der Waals surface area contributed by atoms with Gasteiger partial charge in [-0.05, 0) is 56.9 Å². The Balaban J connectivity index is 2.05. The number of anilines is 1. The van der Waals surface area contributed by atoms with Gasteiger partial charge in [-0.25, -0.2) is 0 Å². The lowest BCUT2D eigenvalue weighted by atomic mass is 9.79. The number of rotatable bonds is 3. The van der Waals surface area contributed by atoms with Crippen molar-refractivity contribution in [3.8, 4) is 5.75 Å². The molecule has 0 heterocycles. The molecule has 1 N–H and O–H groups in total. The van der Waals surface area contributed by atoms with Crippen LogP contribution in [0.2, 0.25) is 0 Å². The first kappa shape index (κ1) is 15.6. The van der Waals surface area contributed by atoms with Crippen molar-refractivity contribution in [3.63, 3.8) is 0 Å². The molecule has 0 aliphatic heterocycles. The molecular formula is C18H25NO2. The van der Waals surface area contributed by atoms with Crippen LogP contribution >= 0.6 is 0 Å². The van der Waals surface area contributed by atoms with Gasteiger partial charge in [-0.2, -0.15) is 0 Å². The first-order valence-corrected chi connectivity index (χ1v) is 7.43. The Morgan fingerprint density at radius 3 is 2.24 bits per heavy atom. The fourth-order valence-electron chi connectivity index (χ4n) is 2.57.